The predicted molar refractivity (Wildman–Crippen MR) is 101 cm³/mol. The van der Waals surface area contributed by atoms with Gasteiger partial charge in [0.2, 0.25) is 15.9 Å². The molecule has 5 nitrogen and oxygen atoms in total. The van der Waals surface area contributed by atoms with Gasteiger partial charge in [0.25, 0.3) is 0 Å². The van der Waals surface area contributed by atoms with Gasteiger partial charge in [-0.2, -0.15) is 0 Å². The standard InChI is InChI=1S/C20H15FN2O3S/c21-17-10-13(16-3-1-2-4-19(16)27(22,25)26)5-7-15(17)12-6-8-18-14(9-12)11-20(24)23-18/h1-10H,11H2,(H,23,24)(H2,22,25,26). The fourth-order valence-corrected chi connectivity index (χ4v) is 4.03. The van der Waals surface area contributed by atoms with Crippen molar-refractivity contribution in [3.63, 3.8) is 0 Å². The Morgan fingerprint density at radius 3 is 2.37 bits per heavy atom. The number of primary sulfonamides is 1. The Labute approximate surface area is 155 Å². The number of nitrogens with two attached hydrogens (primary N) is 1. The van der Waals surface area contributed by atoms with E-state index in [2.05, 4.69) is 5.32 Å². The van der Waals surface area contributed by atoms with Crippen molar-refractivity contribution in [3.05, 3.63) is 72.0 Å². The lowest BCUT2D eigenvalue weighted by Crippen LogP contribution is -2.13. The SMILES string of the molecule is NS(=O)(=O)c1ccccc1-c1ccc(-c2ccc3c(c2)CC(=O)N3)c(F)c1. The fourth-order valence-electron chi connectivity index (χ4n) is 3.27. The number of carbonyl (C=O) groups excluding carboxylic acids is 1. The van der Waals surface area contributed by atoms with Crippen LogP contribution in [0.4, 0.5) is 10.1 Å². The lowest BCUT2D eigenvalue weighted by atomic mass is 9.98. The first-order valence-corrected chi connectivity index (χ1v) is 9.72. The fraction of sp³-hybridized carbons (Fsp3) is 0.0500. The molecular formula is C20H15FN2O3S. The molecule has 4 rings (SSSR count). The van der Waals surface area contributed by atoms with Crippen LogP contribution in [-0.4, -0.2) is 14.3 Å². The van der Waals surface area contributed by atoms with E-state index < -0.39 is 15.8 Å². The van der Waals surface area contributed by atoms with Gasteiger partial charge in [0.05, 0.1) is 11.3 Å². The number of hydrogen-bond acceptors (Lipinski definition) is 3. The van der Waals surface area contributed by atoms with Crippen LogP contribution in [0.5, 0.6) is 0 Å². The van der Waals surface area contributed by atoms with E-state index in [4.69, 9.17) is 5.14 Å². The van der Waals surface area contributed by atoms with Crippen molar-refractivity contribution in [1.82, 2.24) is 0 Å². The molecule has 1 aliphatic heterocycles. The average Bonchev–Trinajstić information content (AvgIpc) is 3.00. The Balaban J connectivity index is 1.77. The third kappa shape index (κ3) is 3.22. The lowest BCUT2D eigenvalue weighted by molar-refractivity contribution is -0.115. The summed E-state index contributed by atoms with van der Waals surface area (Å²) in [5.74, 6) is -0.577. The monoisotopic (exact) mass is 382 g/mol. The second-order valence-corrected chi connectivity index (χ2v) is 7.86. The first kappa shape index (κ1) is 17.4. The molecule has 0 bridgehead atoms. The van der Waals surface area contributed by atoms with E-state index in [1.165, 1.54) is 12.1 Å². The molecule has 1 amide bonds. The van der Waals surface area contributed by atoms with Crippen LogP contribution in [0, 0.1) is 5.82 Å². The maximum atomic E-state index is 14.8. The van der Waals surface area contributed by atoms with Gasteiger partial charge in [0, 0.05) is 16.8 Å². The van der Waals surface area contributed by atoms with Crippen LogP contribution in [0.2, 0.25) is 0 Å². The number of anilines is 1. The highest BCUT2D eigenvalue weighted by Crippen LogP contribution is 2.33. The van der Waals surface area contributed by atoms with Gasteiger partial charge in [-0.3, -0.25) is 4.79 Å². The molecule has 0 spiro atoms. The summed E-state index contributed by atoms with van der Waals surface area (Å²) in [7, 11) is -3.93. The molecule has 0 aliphatic carbocycles. The maximum Gasteiger partial charge on any atom is 0.238 e. The number of hydrogen-bond donors (Lipinski definition) is 2. The number of sulfonamides is 1. The van der Waals surface area contributed by atoms with Crippen LogP contribution in [-0.2, 0) is 21.2 Å². The molecule has 1 heterocycles. The molecule has 3 N–H and O–H groups in total. The first-order valence-electron chi connectivity index (χ1n) is 8.18. The summed E-state index contributed by atoms with van der Waals surface area (Å²) < 4.78 is 38.4. The predicted octanol–water partition coefficient (Wildman–Crippen LogP) is 3.30. The van der Waals surface area contributed by atoms with Crippen molar-refractivity contribution in [2.24, 2.45) is 5.14 Å². The van der Waals surface area contributed by atoms with Gasteiger partial charge in [-0.05, 0) is 41.0 Å². The van der Waals surface area contributed by atoms with Crippen molar-refractivity contribution in [2.75, 3.05) is 5.32 Å². The number of carbonyl (C=O) groups is 1. The summed E-state index contributed by atoms with van der Waals surface area (Å²) >= 11 is 0. The molecule has 0 saturated heterocycles. The average molecular weight is 382 g/mol. The van der Waals surface area contributed by atoms with E-state index in [-0.39, 0.29) is 17.2 Å². The van der Waals surface area contributed by atoms with E-state index in [0.29, 0.717) is 22.3 Å². The minimum absolute atomic E-state index is 0.0562. The molecule has 7 heteroatoms. The van der Waals surface area contributed by atoms with Crippen LogP contribution in [0.25, 0.3) is 22.3 Å². The topological polar surface area (TPSA) is 89.3 Å². The number of halogens is 1. The number of amides is 1. The third-order valence-corrected chi connectivity index (χ3v) is 5.48. The molecule has 0 unspecified atom stereocenters. The summed E-state index contributed by atoms with van der Waals surface area (Å²) in [5.41, 5.74) is 3.33. The van der Waals surface area contributed by atoms with Gasteiger partial charge in [0.15, 0.2) is 0 Å². The molecule has 0 atom stereocenters. The van der Waals surface area contributed by atoms with Crippen molar-refractivity contribution < 1.29 is 17.6 Å². The van der Waals surface area contributed by atoms with Crippen LogP contribution in [0.15, 0.2) is 65.6 Å². The van der Waals surface area contributed by atoms with Gasteiger partial charge < -0.3 is 5.32 Å². The molecule has 0 fully saturated rings. The zero-order chi connectivity index (χ0) is 19.2. The van der Waals surface area contributed by atoms with Gasteiger partial charge >= 0.3 is 0 Å². The summed E-state index contributed by atoms with van der Waals surface area (Å²) in [4.78, 5) is 11.4. The number of fused-ring (bicyclic) bond motifs is 1. The highest BCUT2D eigenvalue weighted by Gasteiger charge is 2.19. The normalized spacial score (nSPS) is 13.3. The van der Waals surface area contributed by atoms with Gasteiger partial charge in [0.1, 0.15) is 5.82 Å². The van der Waals surface area contributed by atoms with Crippen molar-refractivity contribution >= 4 is 21.6 Å². The molecule has 0 aromatic heterocycles. The Morgan fingerprint density at radius 1 is 0.926 bits per heavy atom. The smallest absolute Gasteiger partial charge is 0.238 e. The molecule has 0 radical (unpaired) electrons. The Kier molecular flexibility index (Phi) is 4.05. The summed E-state index contributed by atoms with van der Waals surface area (Å²) in [6, 6.07) is 16.0. The first-order chi connectivity index (χ1) is 12.8. The van der Waals surface area contributed by atoms with Crippen LogP contribution >= 0.6 is 0 Å². The quantitative estimate of drug-likeness (QED) is 0.728. The zero-order valence-electron chi connectivity index (χ0n) is 14.1. The Bertz CT molecular complexity index is 1190. The van der Waals surface area contributed by atoms with E-state index in [0.717, 1.165) is 11.3 Å². The maximum absolute atomic E-state index is 14.8. The molecular weight excluding hydrogens is 367 g/mol. The zero-order valence-corrected chi connectivity index (χ0v) is 14.9. The van der Waals surface area contributed by atoms with Crippen LogP contribution in [0.1, 0.15) is 5.56 Å². The summed E-state index contributed by atoms with van der Waals surface area (Å²) in [6.45, 7) is 0. The Hall–Kier alpha value is -3.03. The number of nitrogens with one attached hydrogen (secondary N) is 1. The summed E-state index contributed by atoms with van der Waals surface area (Å²) in [6.07, 6.45) is 0.268. The summed E-state index contributed by atoms with van der Waals surface area (Å²) in [5, 5.41) is 8.00. The van der Waals surface area contributed by atoms with Gasteiger partial charge in [-0.25, -0.2) is 17.9 Å². The van der Waals surface area contributed by atoms with Crippen LogP contribution in [0.3, 0.4) is 0 Å². The molecule has 3 aromatic rings. The van der Waals surface area contributed by atoms with E-state index in [1.807, 2.05) is 0 Å². The van der Waals surface area contributed by atoms with E-state index >= 15 is 0 Å². The molecule has 0 saturated carbocycles. The number of rotatable bonds is 3. The minimum Gasteiger partial charge on any atom is -0.326 e. The molecule has 27 heavy (non-hydrogen) atoms. The number of benzene rings is 3. The third-order valence-electron chi connectivity index (χ3n) is 4.52. The minimum atomic E-state index is -3.93. The second-order valence-electron chi connectivity index (χ2n) is 6.33. The van der Waals surface area contributed by atoms with Crippen molar-refractivity contribution in [3.8, 4) is 22.3 Å². The van der Waals surface area contributed by atoms with Gasteiger partial charge in [-0.15, -0.1) is 0 Å². The molecule has 1 aliphatic rings. The second kappa shape index (κ2) is 6.29. The van der Waals surface area contributed by atoms with Gasteiger partial charge in [-0.1, -0.05) is 36.4 Å². The molecule has 3 aromatic carbocycles. The van der Waals surface area contributed by atoms with Crippen molar-refractivity contribution in [1.29, 1.82) is 0 Å². The Morgan fingerprint density at radius 2 is 1.63 bits per heavy atom. The van der Waals surface area contributed by atoms with E-state index in [1.54, 1.807) is 48.5 Å². The molecule has 136 valence electrons. The van der Waals surface area contributed by atoms with Crippen molar-refractivity contribution in [2.45, 2.75) is 11.3 Å². The van der Waals surface area contributed by atoms with E-state index in [9.17, 15) is 17.6 Å². The van der Waals surface area contributed by atoms with Crippen LogP contribution < -0.4 is 10.5 Å². The highest BCUT2D eigenvalue weighted by molar-refractivity contribution is 7.89. The lowest BCUT2D eigenvalue weighted by Gasteiger charge is -2.11. The highest BCUT2D eigenvalue weighted by atomic mass is 32.2. The largest absolute Gasteiger partial charge is 0.326 e.